The second-order valence-electron chi connectivity index (χ2n) is 10.1. The van der Waals surface area contributed by atoms with Crippen LogP contribution < -0.4 is 10.1 Å². The molecule has 3 aromatic carbocycles. The monoisotopic (exact) mass is 516 g/mol. The summed E-state index contributed by atoms with van der Waals surface area (Å²) in [6, 6.07) is 19.7. The predicted octanol–water partition coefficient (Wildman–Crippen LogP) is 7.28. The number of ether oxygens (including phenoxy) is 2. The third-order valence-electron chi connectivity index (χ3n) is 6.32. The molecule has 0 unspecified atom stereocenters. The van der Waals surface area contributed by atoms with E-state index in [2.05, 4.69) is 5.32 Å². The molecular formula is C30H29ClN2O4. The average molecular weight is 517 g/mol. The lowest BCUT2D eigenvalue weighted by molar-refractivity contribution is -0.160. The number of nitrogens with one attached hydrogen (secondary N) is 1. The van der Waals surface area contributed by atoms with E-state index in [9.17, 15) is 9.90 Å². The molecule has 1 aliphatic rings. The Morgan fingerprint density at radius 2 is 1.84 bits per heavy atom. The van der Waals surface area contributed by atoms with Crippen molar-refractivity contribution in [3.05, 3.63) is 76.9 Å². The molecule has 0 fully saturated rings. The molecule has 7 heteroatoms. The van der Waals surface area contributed by atoms with Gasteiger partial charge in [-0.1, -0.05) is 60.1 Å². The fraction of sp³-hybridized carbons (Fsp3) is 0.267. The van der Waals surface area contributed by atoms with E-state index in [1.54, 1.807) is 0 Å². The number of carboxylic acids is 1. The first-order valence-corrected chi connectivity index (χ1v) is 12.6. The van der Waals surface area contributed by atoms with Crippen molar-refractivity contribution >= 4 is 34.2 Å². The number of carbonyl (C=O) groups is 1. The first-order chi connectivity index (χ1) is 17.7. The molecule has 0 saturated heterocycles. The third kappa shape index (κ3) is 4.75. The normalized spacial score (nSPS) is 14.0. The highest BCUT2D eigenvalue weighted by atomic mass is 35.5. The number of anilines is 1. The second kappa shape index (κ2) is 9.69. The molecule has 1 aliphatic heterocycles. The third-order valence-corrected chi connectivity index (χ3v) is 6.71. The number of hydrogen-bond acceptors (Lipinski definition) is 5. The summed E-state index contributed by atoms with van der Waals surface area (Å²) in [7, 11) is 0. The Hall–Kier alpha value is -3.61. The lowest BCUT2D eigenvalue weighted by Gasteiger charge is -2.29. The van der Waals surface area contributed by atoms with E-state index in [4.69, 9.17) is 26.1 Å². The molecule has 2 heterocycles. The van der Waals surface area contributed by atoms with E-state index in [-0.39, 0.29) is 0 Å². The number of aliphatic carboxylic acids is 1. The molecule has 0 bridgehead atoms. The Morgan fingerprint density at radius 1 is 1.08 bits per heavy atom. The van der Waals surface area contributed by atoms with Crippen LogP contribution in [0.25, 0.3) is 33.2 Å². The Bertz CT molecular complexity index is 1500. The smallest absolute Gasteiger partial charge is 0.337 e. The van der Waals surface area contributed by atoms with Crippen LogP contribution in [-0.4, -0.2) is 34.8 Å². The number of pyridine rings is 1. The van der Waals surface area contributed by atoms with Gasteiger partial charge in [0.05, 0.1) is 21.8 Å². The van der Waals surface area contributed by atoms with Gasteiger partial charge in [-0.05, 0) is 45.4 Å². The van der Waals surface area contributed by atoms with Crippen molar-refractivity contribution in [1.29, 1.82) is 0 Å². The van der Waals surface area contributed by atoms with E-state index < -0.39 is 17.7 Å². The maximum atomic E-state index is 12.6. The minimum absolute atomic E-state index is 0.468. The van der Waals surface area contributed by atoms with Crippen molar-refractivity contribution in [3.8, 4) is 28.0 Å². The summed E-state index contributed by atoms with van der Waals surface area (Å²) in [6.45, 7) is 8.53. The molecule has 37 heavy (non-hydrogen) atoms. The van der Waals surface area contributed by atoms with Crippen LogP contribution in [0.5, 0.6) is 5.75 Å². The van der Waals surface area contributed by atoms with Crippen LogP contribution in [0.15, 0.2) is 60.7 Å². The molecule has 2 N–H and O–H groups in total. The van der Waals surface area contributed by atoms with Gasteiger partial charge < -0.3 is 19.9 Å². The number of para-hydroxylation sites is 1. The SMILES string of the molecule is Cc1nc2c(-c3ccccc3)cccc2c(-c2ccc3c(c2Cl)NCCO3)c1[C@H](OC(C)(C)C)C(=O)O. The molecule has 190 valence electrons. The highest BCUT2D eigenvalue weighted by molar-refractivity contribution is 6.37. The molecule has 0 amide bonds. The molecular weight excluding hydrogens is 488 g/mol. The molecule has 0 radical (unpaired) electrons. The molecule has 0 saturated carbocycles. The average Bonchev–Trinajstić information content (AvgIpc) is 2.87. The number of benzene rings is 3. The number of halogens is 1. The van der Waals surface area contributed by atoms with Gasteiger partial charge in [0.1, 0.15) is 12.4 Å². The largest absolute Gasteiger partial charge is 0.490 e. The lowest BCUT2D eigenvalue weighted by Crippen LogP contribution is -2.28. The number of aryl methyl sites for hydroxylation is 1. The van der Waals surface area contributed by atoms with E-state index in [1.165, 1.54) is 0 Å². The lowest BCUT2D eigenvalue weighted by atomic mass is 9.88. The molecule has 6 nitrogen and oxygen atoms in total. The molecule has 4 aromatic rings. The molecule has 0 aliphatic carbocycles. The first-order valence-electron chi connectivity index (χ1n) is 12.2. The summed E-state index contributed by atoms with van der Waals surface area (Å²) in [5, 5.41) is 14.9. The van der Waals surface area contributed by atoms with Crippen molar-refractivity contribution < 1.29 is 19.4 Å². The Balaban J connectivity index is 1.88. The second-order valence-corrected chi connectivity index (χ2v) is 10.5. The van der Waals surface area contributed by atoms with Gasteiger partial charge >= 0.3 is 5.97 Å². The van der Waals surface area contributed by atoms with Gasteiger partial charge in [0, 0.05) is 39.9 Å². The van der Waals surface area contributed by atoms with Crippen LogP contribution in [0.1, 0.15) is 38.1 Å². The summed E-state index contributed by atoms with van der Waals surface area (Å²) in [4.78, 5) is 17.6. The highest BCUT2D eigenvalue weighted by Gasteiger charge is 2.33. The number of rotatable bonds is 5. The Kier molecular flexibility index (Phi) is 6.56. The minimum Gasteiger partial charge on any atom is -0.490 e. The van der Waals surface area contributed by atoms with Crippen molar-refractivity contribution in [1.82, 2.24) is 4.98 Å². The zero-order valence-corrected chi connectivity index (χ0v) is 22.0. The van der Waals surface area contributed by atoms with Gasteiger partial charge in [0.15, 0.2) is 6.10 Å². The molecule has 1 atom stereocenters. The zero-order chi connectivity index (χ0) is 26.3. The van der Waals surface area contributed by atoms with Gasteiger partial charge in [-0.25, -0.2) is 4.79 Å². The highest BCUT2D eigenvalue weighted by Crippen LogP contribution is 2.47. The van der Waals surface area contributed by atoms with Crippen molar-refractivity contribution in [2.45, 2.75) is 39.4 Å². The topological polar surface area (TPSA) is 80.7 Å². The van der Waals surface area contributed by atoms with Crippen LogP contribution in [0, 0.1) is 6.92 Å². The summed E-state index contributed by atoms with van der Waals surface area (Å²) in [5.41, 5.74) is 5.17. The number of fused-ring (bicyclic) bond motifs is 2. The van der Waals surface area contributed by atoms with Crippen molar-refractivity contribution in [2.24, 2.45) is 0 Å². The summed E-state index contributed by atoms with van der Waals surface area (Å²) >= 11 is 7.01. The number of nitrogens with zero attached hydrogens (tertiary/aromatic N) is 1. The van der Waals surface area contributed by atoms with Crippen LogP contribution in [-0.2, 0) is 9.53 Å². The Morgan fingerprint density at radius 3 is 2.54 bits per heavy atom. The fourth-order valence-electron chi connectivity index (χ4n) is 4.84. The minimum atomic E-state index is -1.25. The first kappa shape index (κ1) is 25.1. The van der Waals surface area contributed by atoms with Crippen LogP contribution in [0.3, 0.4) is 0 Å². The van der Waals surface area contributed by atoms with Crippen LogP contribution in [0.4, 0.5) is 5.69 Å². The quantitative estimate of drug-likeness (QED) is 0.290. The van der Waals surface area contributed by atoms with Crippen molar-refractivity contribution in [3.63, 3.8) is 0 Å². The van der Waals surface area contributed by atoms with Gasteiger partial charge in [-0.2, -0.15) is 0 Å². The molecule has 5 rings (SSSR count). The van der Waals surface area contributed by atoms with Gasteiger partial charge in [-0.15, -0.1) is 0 Å². The Labute approximate surface area is 221 Å². The standard InChI is InChI=1S/C30H29ClN2O4/c1-17-23(28(29(34)35)37-30(2,3)4)24(20-13-14-22-27(25(20)31)32-15-16-36-22)21-12-8-11-19(26(21)33-17)18-9-6-5-7-10-18/h5-14,28,32H,15-16H2,1-4H3,(H,34,35)/t28-/m0/s1. The molecule has 0 spiro atoms. The van der Waals surface area contributed by atoms with Gasteiger partial charge in [0.25, 0.3) is 0 Å². The summed E-state index contributed by atoms with van der Waals surface area (Å²) < 4.78 is 11.9. The van der Waals surface area contributed by atoms with E-state index in [0.717, 1.165) is 22.0 Å². The number of hydrogen-bond donors (Lipinski definition) is 2. The predicted molar refractivity (Wildman–Crippen MR) is 148 cm³/mol. The van der Waals surface area contributed by atoms with E-state index in [1.807, 2.05) is 88.4 Å². The summed E-state index contributed by atoms with van der Waals surface area (Å²) in [6.07, 6.45) is -1.25. The van der Waals surface area contributed by atoms with Gasteiger partial charge in [0.2, 0.25) is 0 Å². The number of carboxylic acid groups (broad SMARTS) is 1. The summed E-state index contributed by atoms with van der Waals surface area (Å²) in [5.74, 6) is -0.419. The zero-order valence-electron chi connectivity index (χ0n) is 21.3. The van der Waals surface area contributed by atoms with Crippen LogP contribution in [0.2, 0.25) is 5.02 Å². The van der Waals surface area contributed by atoms with Crippen LogP contribution >= 0.6 is 11.6 Å². The van der Waals surface area contributed by atoms with Gasteiger partial charge in [-0.3, -0.25) is 4.98 Å². The maximum Gasteiger partial charge on any atom is 0.337 e. The fourth-order valence-corrected chi connectivity index (χ4v) is 5.16. The maximum absolute atomic E-state index is 12.6. The van der Waals surface area contributed by atoms with E-state index >= 15 is 0 Å². The van der Waals surface area contributed by atoms with Crippen molar-refractivity contribution in [2.75, 3.05) is 18.5 Å². The number of aromatic nitrogens is 1. The van der Waals surface area contributed by atoms with E-state index in [0.29, 0.717) is 52.0 Å². The molecule has 1 aromatic heterocycles.